The minimum absolute atomic E-state index is 0.615. The van der Waals surface area contributed by atoms with Crippen LogP contribution in [0.15, 0.2) is 22.7 Å². The first-order chi connectivity index (χ1) is 9.10. The topological polar surface area (TPSA) is 24.5 Å². The summed E-state index contributed by atoms with van der Waals surface area (Å²) in [7, 11) is 3.92. The molecular weight excluding hydrogens is 304 g/mol. The van der Waals surface area contributed by atoms with Gasteiger partial charge in [-0.1, -0.05) is 15.9 Å². The number of benzene rings is 1. The van der Waals surface area contributed by atoms with E-state index in [2.05, 4.69) is 46.2 Å². The molecule has 2 unspecified atom stereocenters. The van der Waals surface area contributed by atoms with E-state index >= 15 is 0 Å². The highest BCUT2D eigenvalue weighted by Crippen LogP contribution is 2.23. The van der Waals surface area contributed by atoms with Crippen LogP contribution in [0, 0.1) is 0 Å². The van der Waals surface area contributed by atoms with E-state index in [1.807, 2.05) is 12.1 Å². The Kier molecular flexibility index (Phi) is 5.25. The van der Waals surface area contributed by atoms with Gasteiger partial charge in [-0.3, -0.25) is 0 Å². The summed E-state index contributed by atoms with van der Waals surface area (Å²) in [4.78, 5) is 2.43. The monoisotopic (exact) mass is 326 g/mol. The van der Waals surface area contributed by atoms with Crippen LogP contribution < -0.4 is 10.1 Å². The average Bonchev–Trinajstić information content (AvgIpc) is 2.41. The molecule has 2 atom stereocenters. The van der Waals surface area contributed by atoms with Gasteiger partial charge >= 0.3 is 0 Å². The van der Waals surface area contributed by atoms with Crippen LogP contribution in [0.4, 0.5) is 0 Å². The summed E-state index contributed by atoms with van der Waals surface area (Å²) in [6, 6.07) is 7.40. The fourth-order valence-electron chi connectivity index (χ4n) is 2.54. The Labute approximate surface area is 124 Å². The molecule has 1 aliphatic rings. The number of rotatable bonds is 4. The number of likely N-dealkylation sites (tertiary alicyclic amines) is 1. The fraction of sp³-hybridized carbons (Fsp3) is 0.600. The Morgan fingerprint density at radius 2 is 2.26 bits per heavy atom. The molecule has 3 nitrogen and oxygen atoms in total. The zero-order chi connectivity index (χ0) is 13.8. The van der Waals surface area contributed by atoms with E-state index in [-0.39, 0.29) is 0 Å². The van der Waals surface area contributed by atoms with Crippen LogP contribution in [0.1, 0.15) is 25.3 Å². The van der Waals surface area contributed by atoms with Crippen LogP contribution >= 0.6 is 15.9 Å². The van der Waals surface area contributed by atoms with E-state index < -0.39 is 0 Å². The van der Waals surface area contributed by atoms with Crippen molar-refractivity contribution in [2.24, 2.45) is 0 Å². The van der Waals surface area contributed by atoms with Crippen LogP contribution in [0.3, 0.4) is 0 Å². The second-order valence-corrected chi connectivity index (χ2v) is 6.24. The Morgan fingerprint density at radius 1 is 1.47 bits per heavy atom. The highest BCUT2D eigenvalue weighted by molar-refractivity contribution is 9.10. The summed E-state index contributed by atoms with van der Waals surface area (Å²) in [5, 5.41) is 3.67. The van der Waals surface area contributed by atoms with Gasteiger partial charge < -0.3 is 15.0 Å². The number of piperidine rings is 1. The molecule has 2 rings (SSSR count). The fourth-order valence-corrected chi connectivity index (χ4v) is 2.93. The number of hydrogen-bond acceptors (Lipinski definition) is 3. The van der Waals surface area contributed by atoms with E-state index in [1.165, 1.54) is 24.9 Å². The van der Waals surface area contributed by atoms with Crippen molar-refractivity contribution >= 4 is 15.9 Å². The average molecular weight is 327 g/mol. The lowest BCUT2D eigenvalue weighted by Gasteiger charge is -2.35. The number of nitrogens with zero attached hydrogens (tertiary/aromatic N) is 1. The maximum absolute atomic E-state index is 5.28. The molecule has 106 valence electrons. The van der Waals surface area contributed by atoms with Crippen LogP contribution in [-0.2, 0) is 6.54 Å². The van der Waals surface area contributed by atoms with Gasteiger partial charge in [0.25, 0.3) is 0 Å². The van der Waals surface area contributed by atoms with E-state index in [9.17, 15) is 0 Å². The predicted octanol–water partition coefficient (Wildman–Crippen LogP) is 3.03. The van der Waals surface area contributed by atoms with Gasteiger partial charge in [0, 0.05) is 23.1 Å². The van der Waals surface area contributed by atoms with E-state index in [4.69, 9.17) is 4.74 Å². The Morgan fingerprint density at radius 3 is 2.95 bits per heavy atom. The van der Waals surface area contributed by atoms with Crippen molar-refractivity contribution in [3.8, 4) is 5.75 Å². The lowest BCUT2D eigenvalue weighted by molar-refractivity contribution is 0.168. The SMILES string of the molecule is COc1ccc(Br)c(CNC2CCN(C)C(C)C2)c1. The van der Waals surface area contributed by atoms with E-state index in [0.717, 1.165) is 16.8 Å². The number of methoxy groups -OCH3 is 1. The van der Waals surface area contributed by atoms with Gasteiger partial charge in [-0.25, -0.2) is 0 Å². The molecule has 0 spiro atoms. The number of nitrogens with one attached hydrogen (secondary N) is 1. The molecule has 1 heterocycles. The first-order valence-corrected chi connectivity index (χ1v) is 7.65. The van der Waals surface area contributed by atoms with Gasteiger partial charge in [0.05, 0.1) is 7.11 Å². The van der Waals surface area contributed by atoms with E-state index in [0.29, 0.717) is 12.1 Å². The summed E-state index contributed by atoms with van der Waals surface area (Å²) in [6.07, 6.45) is 2.44. The van der Waals surface area contributed by atoms with Gasteiger partial charge in [-0.05, 0) is 57.1 Å². The minimum Gasteiger partial charge on any atom is -0.497 e. The molecule has 1 saturated heterocycles. The molecule has 0 aliphatic carbocycles. The maximum atomic E-state index is 5.28. The largest absolute Gasteiger partial charge is 0.497 e. The molecule has 1 aliphatic heterocycles. The van der Waals surface area contributed by atoms with Gasteiger partial charge in [0.2, 0.25) is 0 Å². The molecule has 0 saturated carbocycles. The predicted molar refractivity (Wildman–Crippen MR) is 82.6 cm³/mol. The lowest BCUT2D eigenvalue weighted by atomic mass is 9.99. The second kappa shape index (κ2) is 6.73. The van der Waals surface area contributed by atoms with Crippen molar-refractivity contribution in [1.29, 1.82) is 0 Å². The molecule has 4 heteroatoms. The molecule has 1 aromatic rings. The third-order valence-corrected chi connectivity index (χ3v) is 4.82. The Balaban J connectivity index is 1.92. The molecular formula is C15H23BrN2O. The first kappa shape index (κ1) is 14.8. The maximum Gasteiger partial charge on any atom is 0.119 e. The van der Waals surface area contributed by atoms with Crippen LogP contribution in [0.5, 0.6) is 5.75 Å². The van der Waals surface area contributed by atoms with Gasteiger partial charge in [0.1, 0.15) is 5.75 Å². The van der Waals surface area contributed by atoms with E-state index in [1.54, 1.807) is 7.11 Å². The molecule has 0 amide bonds. The lowest BCUT2D eigenvalue weighted by Crippen LogP contribution is -2.45. The van der Waals surface area contributed by atoms with Crippen LogP contribution in [0.2, 0.25) is 0 Å². The highest BCUT2D eigenvalue weighted by atomic mass is 79.9. The normalized spacial score (nSPS) is 24.4. The van der Waals surface area contributed by atoms with Gasteiger partial charge in [-0.15, -0.1) is 0 Å². The molecule has 1 N–H and O–H groups in total. The zero-order valence-electron chi connectivity index (χ0n) is 11.9. The summed E-state index contributed by atoms with van der Waals surface area (Å²) in [5.74, 6) is 0.914. The van der Waals surface area contributed by atoms with Crippen molar-refractivity contribution in [2.75, 3.05) is 20.7 Å². The van der Waals surface area contributed by atoms with Crippen molar-refractivity contribution in [2.45, 2.75) is 38.4 Å². The smallest absolute Gasteiger partial charge is 0.119 e. The van der Waals surface area contributed by atoms with Crippen molar-refractivity contribution in [3.05, 3.63) is 28.2 Å². The Hall–Kier alpha value is -0.580. The number of ether oxygens (including phenoxy) is 1. The highest BCUT2D eigenvalue weighted by Gasteiger charge is 2.22. The summed E-state index contributed by atoms with van der Waals surface area (Å²) < 4.78 is 6.42. The second-order valence-electron chi connectivity index (χ2n) is 5.39. The first-order valence-electron chi connectivity index (χ1n) is 6.86. The summed E-state index contributed by atoms with van der Waals surface area (Å²) in [6.45, 7) is 4.37. The molecule has 0 bridgehead atoms. The molecule has 1 aromatic carbocycles. The number of hydrogen-bond donors (Lipinski definition) is 1. The third-order valence-electron chi connectivity index (χ3n) is 4.04. The van der Waals surface area contributed by atoms with Crippen molar-refractivity contribution in [1.82, 2.24) is 10.2 Å². The molecule has 0 radical (unpaired) electrons. The van der Waals surface area contributed by atoms with Crippen molar-refractivity contribution in [3.63, 3.8) is 0 Å². The number of halogens is 1. The zero-order valence-corrected chi connectivity index (χ0v) is 13.5. The summed E-state index contributed by atoms with van der Waals surface area (Å²) >= 11 is 3.60. The quantitative estimate of drug-likeness (QED) is 0.920. The molecule has 0 aromatic heterocycles. The van der Waals surface area contributed by atoms with Gasteiger partial charge in [-0.2, -0.15) is 0 Å². The van der Waals surface area contributed by atoms with Crippen LogP contribution in [0.25, 0.3) is 0 Å². The third kappa shape index (κ3) is 3.94. The Bertz CT molecular complexity index is 425. The standard InChI is InChI=1S/C15H23BrN2O/c1-11-8-13(6-7-18(11)2)17-10-12-9-14(19-3)4-5-15(12)16/h4-5,9,11,13,17H,6-8,10H2,1-3H3. The minimum atomic E-state index is 0.615. The van der Waals surface area contributed by atoms with Crippen molar-refractivity contribution < 1.29 is 4.74 Å². The van der Waals surface area contributed by atoms with Gasteiger partial charge in [0.15, 0.2) is 0 Å². The van der Waals surface area contributed by atoms with Crippen LogP contribution in [-0.4, -0.2) is 37.7 Å². The molecule has 1 fully saturated rings. The molecule has 19 heavy (non-hydrogen) atoms. The summed E-state index contributed by atoms with van der Waals surface area (Å²) in [5.41, 5.74) is 1.26.